The molecule has 0 spiro atoms. The molecule has 1 N–H and O–H groups in total. The van der Waals surface area contributed by atoms with E-state index in [1.165, 1.54) is 19.3 Å². The van der Waals surface area contributed by atoms with Gasteiger partial charge in [0.05, 0.1) is 6.07 Å². The average molecular weight is 292 g/mol. The van der Waals surface area contributed by atoms with Crippen molar-refractivity contribution in [2.45, 2.75) is 91.0 Å². The third kappa shape index (κ3) is 6.98. The Kier molecular flexibility index (Phi) is 6.71. The summed E-state index contributed by atoms with van der Waals surface area (Å²) in [5.41, 5.74) is -0.369. The summed E-state index contributed by atoms with van der Waals surface area (Å²) in [6.07, 6.45) is 8.89. The van der Waals surface area contributed by atoms with Crippen LogP contribution in [0.15, 0.2) is 0 Å². The number of carbonyl (C=O) groups is 1. The fraction of sp³-hybridized carbons (Fsp3) is 0.889. The number of nitriles is 1. The molecule has 1 fully saturated rings. The van der Waals surface area contributed by atoms with E-state index in [1.807, 2.05) is 0 Å². The molecule has 0 saturated heterocycles. The van der Waals surface area contributed by atoms with Crippen LogP contribution in [-0.2, 0) is 4.79 Å². The van der Waals surface area contributed by atoms with Crippen LogP contribution in [-0.4, -0.2) is 11.4 Å². The normalized spacial score (nSPS) is 20.7. The molecule has 1 rings (SSSR count). The van der Waals surface area contributed by atoms with Gasteiger partial charge in [-0.1, -0.05) is 59.8 Å². The summed E-state index contributed by atoms with van der Waals surface area (Å²) in [6, 6.07) is 2.41. The van der Waals surface area contributed by atoms with Crippen molar-refractivity contribution in [2.75, 3.05) is 0 Å². The fourth-order valence-corrected chi connectivity index (χ4v) is 3.53. The van der Waals surface area contributed by atoms with Gasteiger partial charge in [0, 0.05) is 6.42 Å². The fourth-order valence-electron chi connectivity index (χ4n) is 3.53. The van der Waals surface area contributed by atoms with Crippen molar-refractivity contribution in [1.29, 1.82) is 5.26 Å². The summed E-state index contributed by atoms with van der Waals surface area (Å²) < 4.78 is 0. The molecule has 120 valence electrons. The highest BCUT2D eigenvalue weighted by atomic mass is 16.1. The highest BCUT2D eigenvalue weighted by molar-refractivity contribution is 5.77. The van der Waals surface area contributed by atoms with E-state index in [4.69, 9.17) is 0 Å². The van der Waals surface area contributed by atoms with E-state index in [-0.39, 0.29) is 11.3 Å². The van der Waals surface area contributed by atoms with Gasteiger partial charge in [0.15, 0.2) is 0 Å². The molecule has 1 atom stereocenters. The predicted molar refractivity (Wildman–Crippen MR) is 86.7 cm³/mol. The molecule has 0 heterocycles. The van der Waals surface area contributed by atoms with E-state index >= 15 is 0 Å². The van der Waals surface area contributed by atoms with Crippen LogP contribution in [0.3, 0.4) is 0 Å². The molecular formula is C18H32N2O. The molecule has 1 aliphatic rings. The smallest absolute Gasteiger partial charge is 0.221 e. The third-order valence-corrected chi connectivity index (χ3v) is 4.29. The molecule has 0 aromatic carbocycles. The van der Waals surface area contributed by atoms with Crippen molar-refractivity contribution in [1.82, 2.24) is 5.32 Å². The van der Waals surface area contributed by atoms with Crippen molar-refractivity contribution >= 4 is 5.91 Å². The van der Waals surface area contributed by atoms with Crippen LogP contribution < -0.4 is 5.32 Å². The summed E-state index contributed by atoms with van der Waals surface area (Å²) in [7, 11) is 0. The summed E-state index contributed by atoms with van der Waals surface area (Å²) in [6.45, 7) is 8.73. The summed E-state index contributed by atoms with van der Waals surface area (Å²) in [4.78, 5) is 12.3. The van der Waals surface area contributed by atoms with Gasteiger partial charge in [-0.3, -0.25) is 4.79 Å². The molecule has 21 heavy (non-hydrogen) atoms. The van der Waals surface area contributed by atoms with Crippen LogP contribution in [0.4, 0.5) is 0 Å². The van der Waals surface area contributed by atoms with Crippen molar-refractivity contribution in [3.8, 4) is 6.07 Å². The molecule has 1 unspecified atom stereocenters. The van der Waals surface area contributed by atoms with Crippen molar-refractivity contribution in [3.05, 3.63) is 0 Å². The predicted octanol–water partition coefficient (Wildman–Crippen LogP) is 4.57. The Hall–Kier alpha value is -1.04. The molecule has 3 nitrogen and oxygen atoms in total. The van der Waals surface area contributed by atoms with E-state index in [0.29, 0.717) is 12.3 Å². The Morgan fingerprint density at radius 2 is 1.71 bits per heavy atom. The number of carbonyl (C=O) groups excluding carboxylic acids is 1. The van der Waals surface area contributed by atoms with Crippen LogP contribution in [0.1, 0.15) is 85.5 Å². The summed E-state index contributed by atoms with van der Waals surface area (Å²) in [5.74, 6) is 0.406. The molecule has 1 amide bonds. The topological polar surface area (TPSA) is 52.9 Å². The number of nitrogens with one attached hydrogen (secondary N) is 1. The van der Waals surface area contributed by atoms with Gasteiger partial charge in [-0.2, -0.15) is 5.26 Å². The van der Waals surface area contributed by atoms with Crippen LogP contribution in [0.5, 0.6) is 0 Å². The minimum absolute atomic E-state index is 0.0499. The zero-order valence-electron chi connectivity index (χ0n) is 14.3. The first-order valence-electron chi connectivity index (χ1n) is 8.49. The molecule has 0 radical (unpaired) electrons. The molecule has 1 saturated carbocycles. The number of amides is 1. The molecule has 0 aliphatic heterocycles. The van der Waals surface area contributed by atoms with Crippen molar-refractivity contribution in [2.24, 2.45) is 11.3 Å². The van der Waals surface area contributed by atoms with Crippen molar-refractivity contribution < 1.29 is 4.79 Å². The lowest BCUT2D eigenvalue weighted by atomic mass is 9.83. The monoisotopic (exact) mass is 292 g/mol. The SMILES string of the molecule is CC(CC(=O)NC1(C#N)CCCCCCC1)CC(C)(C)C. The number of hydrogen-bond acceptors (Lipinski definition) is 2. The maximum Gasteiger partial charge on any atom is 0.221 e. The van der Waals surface area contributed by atoms with E-state index in [0.717, 1.165) is 32.1 Å². The van der Waals surface area contributed by atoms with Gasteiger partial charge in [0.1, 0.15) is 5.54 Å². The van der Waals surface area contributed by atoms with Crippen LogP contribution >= 0.6 is 0 Å². The molecule has 0 bridgehead atoms. The number of rotatable bonds is 4. The van der Waals surface area contributed by atoms with E-state index in [1.54, 1.807) is 0 Å². The van der Waals surface area contributed by atoms with Gasteiger partial charge < -0.3 is 5.32 Å². The van der Waals surface area contributed by atoms with Crippen LogP contribution in [0.2, 0.25) is 0 Å². The van der Waals surface area contributed by atoms with Crippen molar-refractivity contribution in [3.63, 3.8) is 0 Å². The quantitative estimate of drug-likeness (QED) is 0.825. The van der Waals surface area contributed by atoms with Gasteiger partial charge >= 0.3 is 0 Å². The minimum Gasteiger partial charge on any atom is -0.338 e. The average Bonchev–Trinajstić information content (AvgIpc) is 2.30. The lowest BCUT2D eigenvalue weighted by Crippen LogP contribution is -2.48. The van der Waals surface area contributed by atoms with Gasteiger partial charge in [-0.25, -0.2) is 0 Å². The summed E-state index contributed by atoms with van der Waals surface area (Å²) in [5, 5.41) is 12.6. The maximum atomic E-state index is 12.3. The number of nitrogens with zero attached hydrogens (tertiary/aromatic N) is 1. The Labute approximate surface area is 130 Å². The molecule has 0 aromatic heterocycles. The Bertz CT molecular complexity index is 368. The minimum atomic E-state index is -0.612. The first-order valence-corrected chi connectivity index (χ1v) is 8.49. The van der Waals surface area contributed by atoms with Crippen LogP contribution in [0, 0.1) is 22.7 Å². The van der Waals surface area contributed by atoms with Gasteiger partial charge in [0.25, 0.3) is 0 Å². The van der Waals surface area contributed by atoms with Crippen LogP contribution in [0.25, 0.3) is 0 Å². The second-order valence-electron chi connectivity index (χ2n) is 8.08. The zero-order chi connectivity index (χ0) is 15.9. The lowest BCUT2D eigenvalue weighted by molar-refractivity contribution is -0.123. The Morgan fingerprint density at radius 1 is 1.19 bits per heavy atom. The molecule has 0 aromatic rings. The van der Waals surface area contributed by atoms with Gasteiger partial charge in [-0.05, 0) is 30.6 Å². The second kappa shape index (κ2) is 7.82. The maximum absolute atomic E-state index is 12.3. The highest BCUT2D eigenvalue weighted by Gasteiger charge is 2.32. The van der Waals surface area contributed by atoms with Gasteiger partial charge in [-0.15, -0.1) is 0 Å². The molecule has 1 aliphatic carbocycles. The van der Waals surface area contributed by atoms with E-state index in [9.17, 15) is 10.1 Å². The number of hydrogen-bond donors (Lipinski definition) is 1. The van der Waals surface area contributed by atoms with E-state index in [2.05, 4.69) is 39.1 Å². The lowest BCUT2D eigenvalue weighted by Gasteiger charge is -2.30. The second-order valence-corrected chi connectivity index (χ2v) is 8.08. The first kappa shape index (κ1) is 18.0. The Balaban J connectivity index is 2.55. The van der Waals surface area contributed by atoms with E-state index < -0.39 is 5.54 Å². The summed E-state index contributed by atoms with van der Waals surface area (Å²) >= 11 is 0. The highest BCUT2D eigenvalue weighted by Crippen LogP contribution is 2.28. The first-order chi connectivity index (χ1) is 9.76. The van der Waals surface area contributed by atoms with Gasteiger partial charge in [0.2, 0.25) is 5.91 Å². The zero-order valence-corrected chi connectivity index (χ0v) is 14.3. The molecule has 3 heteroatoms. The Morgan fingerprint density at radius 3 is 2.19 bits per heavy atom. The molecular weight excluding hydrogens is 260 g/mol. The standard InChI is InChI=1S/C18H32N2O/c1-15(13-17(2,3)4)12-16(21)20-18(14-19)10-8-6-5-7-9-11-18/h15H,5-13H2,1-4H3,(H,20,21). The third-order valence-electron chi connectivity index (χ3n) is 4.29. The largest absolute Gasteiger partial charge is 0.338 e.